The van der Waals surface area contributed by atoms with E-state index in [-0.39, 0.29) is 0 Å². The Bertz CT molecular complexity index is 823. The third-order valence-corrected chi connectivity index (χ3v) is 3.96. The molecule has 0 unspecified atom stereocenters. The molecule has 3 aromatic rings. The smallest absolute Gasteiger partial charge is 0.0883 e. The maximum absolute atomic E-state index is 4.64. The molecular formula is C22H22N4. The Hall–Kier alpha value is -3.40. The van der Waals surface area contributed by atoms with E-state index in [1.54, 1.807) is 0 Å². The van der Waals surface area contributed by atoms with Gasteiger partial charge >= 0.3 is 0 Å². The van der Waals surface area contributed by atoms with Crippen molar-refractivity contribution in [1.29, 1.82) is 0 Å². The average molecular weight is 342 g/mol. The summed E-state index contributed by atoms with van der Waals surface area (Å²) < 4.78 is 0. The number of hydrogen-bond donors (Lipinski definition) is 2. The molecule has 0 aliphatic heterocycles. The van der Waals surface area contributed by atoms with Gasteiger partial charge in [0.05, 0.1) is 22.7 Å². The van der Waals surface area contributed by atoms with Crippen LogP contribution in [0.4, 0.5) is 22.7 Å². The minimum Gasteiger partial charge on any atom is -0.386 e. The minimum atomic E-state index is 0.861. The maximum atomic E-state index is 4.64. The molecule has 3 rings (SSSR count). The summed E-state index contributed by atoms with van der Waals surface area (Å²) in [5.74, 6) is 0. The van der Waals surface area contributed by atoms with Gasteiger partial charge in [0, 0.05) is 26.5 Å². The van der Waals surface area contributed by atoms with Crippen molar-refractivity contribution in [2.45, 2.75) is 0 Å². The van der Waals surface area contributed by atoms with Crippen molar-refractivity contribution in [1.82, 2.24) is 0 Å². The second-order valence-electron chi connectivity index (χ2n) is 5.72. The Morgan fingerprint density at radius 2 is 1.00 bits per heavy atom. The van der Waals surface area contributed by atoms with E-state index >= 15 is 0 Å². The highest BCUT2D eigenvalue weighted by Gasteiger charge is 2.07. The van der Waals surface area contributed by atoms with Gasteiger partial charge in [0.2, 0.25) is 0 Å². The monoisotopic (exact) mass is 342 g/mol. The molecule has 3 aromatic carbocycles. The molecule has 0 heterocycles. The summed E-state index contributed by atoms with van der Waals surface area (Å²) in [5.41, 5.74) is 5.70. The highest BCUT2D eigenvalue weighted by molar-refractivity contribution is 5.89. The van der Waals surface area contributed by atoms with Crippen molar-refractivity contribution >= 4 is 35.2 Å². The average Bonchev–Trinajstić information content (AvgIpc) is 2.72. The zero-order valence-corrected chi connectivity index (χ0v) is 15.0. The molecular weight excluding hydrogens is 320 g/mol. The molecule has 4 nitrogen and oxygen atoms in total. The molecule has 0 radical (unpaired) electrons. The van der Waals surface area contributed by atoms with Gasteiger partial charge in [0.1, 0.15) is 0 Å². The van der Waals surface area contributed by atoms with Crippen LogP contribution in [0.25, 0.3) is 0 Å². The van der Waals surface area contributed by atoms with E-state index in [0.29, 0.717) is 0 Å². The minimum absolute atomic E-state index is 0.861. The van der Waals surface area contributed by atoms with Crippen molar-refractivity contribution in [2.75, 3.05) is 24.7 Å². The topological polar surface area (TPSA) is 48.8 Å². The van der Waals surface area contributed by atoms with E-state index in [2.05, 4.69) is 20.6 Å². The van der Waals surface area contributed by atoms with Gasteiger partial charge in [-0.25, -0.2) is 0 Å². The number of rotatable bonds is 6. The molecule has 130 valence electrons. The van der Waals surface area contributed by atoms with E-state index in [9.17, 15) is 0 Å². The predicted octanol–water partition coefficient (Wildman–Crippen LogP) is 5.27. The molecule has 26 heavy (non-hydrogen) atoms. The largest absolute Gasteiger partial charge is 0.386 e. The van der Waals surface area contributed by atoms with Crippen LogP contribution in [0.2, 0.25) is 0 Å². The van der Waals surface area contributed by atoms with Crippen LogP contribution >= 0.6 is 0 Å². The second-order valence-corrected chi connectivity index (χ2v) is 5.72. The first kappa shape index (κ1) is 17.4. The lowest BCUT2D eigenvalue weighted by atomic mass is 10.2. The van der Waals surface area contributed by atoms with Crippen LogP contribution in [0.5, 0.6) is 0 Å². The van der Waals surface area contributed by atoms with Crippen LogP contribution < -0.4 is 10.6 Å². The Kier molecular flexibility index (Phi) is 5.78. The van der Waals surface area contributed by atoms with Gasteiger partial charge in [0.15, 0.2) is 0 Å². The van der Waals surface area contributed by atoms with Crippen LogP contribution in [0.1, 0.15) is 11.1 Å². The lowest BCUT2D eigenvalue weighted by Crippen LogP contribution is -1.94. The second kappa shape index (κ2) is 8.62. The Labute approximate surface area is 154 Å². The summed E-state index contributed by atoms with van der Waals surface area (Å²) >= 11 is 0. The molecule has 4 heteroatoms. The lowest BCUT2D eigenvalue weighted by Gasteiger charge is -2.11. The van der Waals surface area contributed by atoms with E-state index in [1.807, 2.05) is 99.3 Å². The Morgan fingerprint density at radius 1 is 0.615 bits per heavy atom. The summed E-state index contributed by atoms with van der Waals surface area (Å²) in [6, 6.07) is 24.1. The number of anilines is 2. The molecule has 0 saturated carbocycles. The quantitative estimate of drug-likeness (QED) is 0.599. The van der Waals surface area contributed by atoms with Crippen LogP contribution in [0.15, 0.2) is 82.8 Å². The first-order valence-corrected chi connectivity index (χ1v) is 8.52. The third-order valence-electron chi connectivity index (χ3n) is 3.96. The zero-order valence-electron chi connectivity index (χ0n) is 15.0. The molecule has 0 atom stereocenters. The molecule has 0 aliphatic carbocycles. The summed E-state index contributed by atoms with van der Waals surface area (Å²) in [7, 11) is 3.78. The normalized spacial score (nSPS) is 11.2. The summed E-state index contributed by atoms with van der Waals surface area (Å²) in [6.07, 6.45) is 3.73. The molecule has 0 aliphatic rings. The van der Waals surface area contributed by atoms with Crippen molar-refractivity contribution in [3.8, 4) is 0 Å². The Balaban J connectivity index is 1.93. The summed E-state index contributed by atoms with van der Waals surface area (Å²) in [4.78, 5) is 9.27. The summed E-state index contributed by atoms with van der Waals surface area (Å²) in [5, 5.41) is 6.41. The first-order chi connectivity index (χ1) is 12.8. The van der Waals surface area contributed by atoms with Crippen LogP contribution in [-0.2, 0) is 0 Å². The van der Waals surface area contributed by atoms with E-state index in [0.717, 1.165) is 33.9 Å². The number of benzene rings is 3. The molecule has 2 N–H and O–H groups in total. The first-order valence-electron chi connectivity index (χ1n) is 8.52. The van der Waals surface area contributed by atoms with Gasteiger partial charge in [-0.1, -0.05) is 60.7 Å². The fourth-order valence-electron chi connectivity index (χ4n) is 2.56. The SMILES string of the molecule is CNc1cc(N=Cc2ccccc2)c(NC)cc1N=Cc1ccccc1. The number of nitrogens with one attached hydrogen (secondary N) is 2. The molecule has 0 bridgehead atoms. The number of hydrogen-bond acceptors (Lipinski definition) is 4. The van der Waals surface area contributed by atoms with Crippen molar-refractivity contribution < 1.29 is 0 Å². The van der Waals surface area contributed by atoms with E-state index in [1.165, 1.54) is 0 Å². The highest BCUT2D eigenvalue weighted by Crippen LogP contribution is 2.36. The fourth-order valence-corrected chi connectivity index (χ4v) is 2.56. The van der Waals surface area contributed by atoms with Crippen LogP contribution in [-0.4, -0.2) is 26.5 Å². The van der Waals surface area contributed by atoms with Crippen LogP contribution in [0.3, 0.4) is 0 Å². The van der Waals surface area contributed by atoms with E-state index < -0.39 is 0 Å². The Morgan fingerprint density at radius 3 is 1.35 bits per heavy atom. The van der Waals surface area contributed by atoms with Crippen LogP contribution in [0, 0.1) is 0 Å². The molecule has 0 spiro atoms. The van der Waals surface area contributed by atoms with Gasteiger partial charge in [0.25, 0.3) is 0 Å². The van der Waals surface area contributed by atoms with Gasteiger partial charge < -0.3 is 10.6 Å². The summed E-state index contributed by atoms with van der Waals surface area (Å²) in [6.45, 7) is 0. The maximum Gasteiger partial charge on any atom is 0.0883 e. The number of nitrogens with zero attached hydrogens (tertiary/aromatic N) is 2. The standard InChI is InChI=1S/C22H22N4/c1-23-19-13-22(26-16-18-11-7-4-8-12-18)20(24-2)14-21(19)25-15-17-9-5-3-6-10-17/h3-16,23-24H,1-2H3. The van der Waals surface area contributed by atoms with Gasteiger partial charge in [-0.05, 0) is 23.3 Å². The van der Waals surface area contributed by atoms with E-state index in [4.69, 9.17) is 0 Å². The van der Waals surface area contributed by atoms with Crippen molar-refractivity contribution in [3.63, 3.8) is 0 Å². The van der Waals surface area contributed by atoms with Gasteiger partial charge in [-0.2, -0.15) is 0 Å². The predicted molar refractivity (Wildman–Crippen MR) is 113 cm³/mol. The molecule has 0 fully saturated rings. The molecule has 0 aromatic heterocycles. The molecule has 0 amide bonds. The van der Waals surface area contributed by atoms with Gasteiger partial charge in [-0.3, -0.25) is 9.98 Å². The van der Waals surface area contributed by atoms with Gasteiger partial charge in [-0.15, -0.1) is 0 Å². The fraction of sp³-hybridized carbons (Fsp3) is 0.0909. The van der Waals surface area contributed by atoms with Crippen molar-refractivity contribution in [3.05, 3.63) is 83.9 Å². The third kappa shape index (κ3) is 4.36. The van der Waals surface area contributed by atoms with Crippen molar-refractivity contribution in [2.24, 2.45) is 9.98 Å². The lowest BCUT2D eigenvalue weighted by molar-refractivity contribution is 1.40. The zero-order chi connectivity index (χ0) is 18.2. The number of aliphatic imine (C=N–C) groups is 2. The highest BCUT2D eigenvalue weighted by atomic mass is 14.9. The molecule has 0 saturated heterocycles.